The number of anilines is 2. The number of nitrogens with one attached hydrogen (secondary N) is 2. The number of hydrogen-bond donors (Lipinski definition) is 2. The lowest BCUT2D eigenvalue weighted by atomic mass is 10.2. The number of aryl methyl sites for hydroxylation is 1. The molecular weight excluding hydrogens is 332 g/mol. The highest BCUT2D eigenvalue weighted by Gasteiger charge is 2.44. The second kappa shape index (κ2) is 6.51. The Morgan fingerprint density at radius 3 is 2.50 bits per heavy atom. The maximum atomic E-state index is 12.4. The van der Waals surface area contributed by atoms with Crippen LogP contribution in [0.3, 0.4) is 0 Å². The molecule has 2 aromatic heterocycles. The molecule has 1 aliphatic rings. The highest BCUT2D eigenvalue weighted by Crippen LogP contribution is 2.47. The van der Waals surface area contributed by atoms with E-state index in [-0.39, 0.29) is 29.4 Å². The van der Waals surface area contributed by atoms with Crippen molar-refractivity contribution in [2.75, 3.05) is 10.6 Å². The Hall–Kier alpha value is -3.35. The molecule has 0 saturated heterocycles. The average molecular weight is 350 g/mol. The quantitative estimate of drug-likeness (QED) is 0.740. The van der Waals surface area contributed by atoms with Gasteiger partial charge in [-0.1, -0.05) is 0 Å². The first-order valence-electron chi connectivity index (χ1n) is 8.34. The van der Waals surface area contributed by atoms with Crippen molar-refractivity contribution >= 4 is 23.2 Å². The van der Waals surface area contributed by atoms with Gasteiger partial charge in [0.05, 0.1) is 12.5 Å². The summed E-state index contributed by atoms with van der Waals surface area (Å²) >= 11 is 0. The number of hydrogen-bond acceptors (Lipinski definition) is 4. The molecule has 0 radical (unpaired) electrons. The second-order valence-electron chi connectivity index (χ2n) is 6.39. The van der Waals surface area contributed by atoms with Gasteiger partial charge in [-0.05, 0) is 54.3 Å². The maximum absolute atomic E-state index is 12.4. The van der Waals surface area contributed by atoms with Gasteiger partial charge < -0.3 is 15.1 Å². The highest BCUT2D eigenvalue weighted by molar-refractivity contribution is 6.02. The van der Waals surface area contributed by atoms with Crippen LogP contribution in [0, 0.1) is 5.92 Å². The largest absolute Gasteiger partial charge is 0.459 e. The van der Waals surface area contributed by atoms with Crippen LogP contribution in [-0.2, 0) is 11.8 Å². The monoisotopic (exact) mass is 350 g/mol. The molecule has 1 fully saturated rings. The fourth-order valence-corrected chi connectivity index (χ4v) is 2.96. The molecule has 0 aliphatic heterocycles. The second-order valence-corrected chi connectivity index (χ2v) is 6.39. The lowest BCUT2D eigenvalue weighted by Gasteiger charge is -2.07. The summed E-state index contributed by atoms with van der Waals surface area (Å²) in [4.78, 5) is 24.3. The predicted molar refractivity (Wildman–Crippen MR) is 95.8 cm³/mol. The summed E-state index contributed by atoms with van der Waals surface area (Å²) in [6.45, 7) is 0. The normalized spacial score (nSPS) is 18.3. The van der Waals surface area contributed by atoms with Gasteiger partial charge >= 0.3 is 0 Å². The van der Waals surface area contributed by atoms with Crippen molar-refractivity contribution in [3.8, 4) is 0 Å². The van der Waals surface area contributed by atoms with Crippen LogP contribution in [-0.4, -0.2) is 21.6 Å². The Morgan fingerprint density at radius 2 is 1.88 bits per heavy atom. The zero-order valence-electron chi connectivity index (χ0n) is 14.2. The van der Waals surface area contributed by atoms with Crippen molar-refractivity contribution < 1.29 is 14.0 Å². The van der Waals surface area contributed by atoms with E-state index in [2.05, 4.69) is 15.7 Å². The van der Waals surface area contributed by atoms with Crippen molar-refractivity contribution in [3.05, 3.63) is 66.4 Å². The molecule has 2 heterocycles. The van der Waals surface area contributed by atoms with E-state index in [1.165, 1.54) is 6.26 Å². The maximum Gasteiger partial charge on any atom is 0.291 e. The van der Waals surface area contributed by atoms with Gasteiger partial charge in [-0.25, -0.2) is 0 Å². The molecule has 7 heteroatoms. The molecule has 4 rings (SSSR count). The number of nitrogens with zero attached hydrogens (tertiary/aromatic N) is 2. The van der Waals surface area contributed by atoms with E-state index in [0.717, 1.165) is 12.0 Å². The minimum Gasteiger partial charge on any atom is -0.459 e. The molecule has 1 aromatic carbocycles. The zero-order chi connectivity index (χ0) is 18.1. The number of amides is 2. The van der Waals surface area contributed by atoms with Crippen LogP contribution in [0.5, 0.6) is 0 Å². The number of benzene rings is 1. The molecule has 2 amide bonds. The van der Waals surface area contributed by atoms with Crippen molar-refractivity contribution in [1.29, 1.82) is 0 Å². The summed E-state index contributed by atoms with van der Waals surface area (Å²) in [6, 6.07) is 10.3. The van der Waals surface area contributed by atoms with Gasteiger partial charge in [0, 0.05) is 30.5 Å². The first kappa shape index (κ1) is 16.1. The summed E-state index contributed by atoms with van der Waals surface area (Å²) in [7, 11) is 1.87. The van der Waals surface area contributed by atoms with Crippen LogP contribution in [0.25, 0.3) is 0 Å². The Bertz CT molecular complexity index is 928. The van der Waals surface area contributed by atoms with E-state index in [1.807, 2.05) is 19.4 Å². The van der Waals surface area contributed by atoms with Gasteiger partial charge in [0.15, 0.2) is 5.76 Å². The van der Waals surface area contributed by atoms with E-state index in [0.29, 0.717) is 11.4 Å². The number of aromatic nitrogens is 2. The van der Waals surface area contributed by atoms with Gasteiger partial charge in [-0.15, -0.1) is 0 Å². The van der Waals surface area contributed by atoms with Crippen molar-refractivity contribution in [2.24, 2.45) is 13.0 Å². The van der Waals surface area contributed by atoms with Crippen molar-refractivity contribution in [1.82, 2.24) is 9.78 Å². The molecule has 3 aromatic rings. The summed E-state index contributed by atoms with van der Waals surface area (Å²) in [5.74, 6) is 0.168. The van der Waals surface area contributed by atoms with Gasteiger partial charge in [0.2, 0.25) is 5.91 Å². The third-order valence-corrected chi connectivity index (χ3v) is 4.44. The molecular formula is C19H18N4O3. The molecule has 2 unspecified atom stereocenters. The van der Waals surface area contributed by atoms with E-state index in [1.54, 1.807) is 41.1 Å². The zero-order valence-corrected chi connectivity index (χ0v) is 14.2. The van der Waals surface area contributed by atoms with Crippen molar-refractivity contribution in [3.63, 3.8) is 0 Å². The molecule has 2 N–H and O–H groups in total. The molecule has 0 bridgehead atoms. The SMILES string of the molecule is Cn1cc(C2CC2C(=O)Nc2ccc(NC(=O)c3ccco3)cc2)cn1. The third kappa shape index (κ3) is 3.37. The summed E-state index contributed by atoms with van der Waals surface area (Å²) in [6.07, 6.45) is 6.06. The lowest BCUT2D eigenvalue weighted by molar-refractivity contribution is -0.117. The number of furan rings is 1. The van der Waals surface area contributed by atoms with E-state index in [9.17, 15) is 9.59 Å². The third-order valence-electron chi connectivity index (χ3n) is 4.44. The molecule has 26 heavy (non-hydrogen) atoms. The summed E-state index contributed by atoms with van der Waals surface area (Å²) in [5, 5.41) is 9.81. The highest BCUT2D eigenvalue weighted by atomic mass is 16.3. The van der Waals surface area contributed by atoms with Crippen LogP contribution >= 0.6 is 0 Å². The lowest BCUT2D eigenvalue weighted by Crippen LogP contribution is -2.15. The van der Waals surface area contributed by atoms with Gasteiger partial charge in [-0.2, -0.15) is 5.10 Å². The summed E-state index contributed by atoms with van der Waals surface area (Å²) in [5.41, 5.74) is 2.43. The summed E-state index contributed by atoms with van der Waals surface area (Å²) < 4.78 is 6.80. The smallest absolute Gasteiger partial charge is 0.291 e. The van der Waals surface area contributed by atoms with Crippen LogP contribution < -0.4 is 10.6 Å². The van der Waals surface area contributed by atoms with Crippen LogP contribution in [0.1, 0.15) is 28.5 Å². The molecule has 1 saturated carbocycles. The minimum atomic E-state index is -0.316. The van der Waals surface area contributed by atoms with Crippen molar-refractivity contribution in [2.45, 2.75) is 12.3 Å². The molecule has 132 valence electrons. The molecule has 1 aliphatic carbocycles. The van der Waals surface area contributed by atoms with E-state index in [4.69, 9.17) is 4.42 Å². The molecule has 0 spiro atoms. The van der Waals surface area contributed by atoms with Gasteiger partial charge in [0.25, 0.3) is 5.91 Å². The van der Waals surface area contributed by atoms with Crippen LogP contribution in [0.15, 0.2) is 59.5 Å². The Balaban J connectivity index is 1.33. The van der Waals surface area contributed by atoms with Gasteiger partial charge in [-0.3, -0.25) is 14.3 Å². The Morgan fingerprint density at radius 1 is 1.15 bits per heavy atom. The Labute approximate surface area is 150 Å². The molecule has 7 nitrogen and oxygen atoms in total. The Kier molecular flexibility index (Phi) is 4.04. The molecule has 2 atom stereocenters. The first-order chi connectivity index (χ1) is 12.6. The van der Waals surface area contributed by atoms with Gasteiger partial charge in [0.1, 0.15) is 0 Å². The topological polar surface area (TPSA) is 89.2 Å². The fourth-order valence-electron chi connectivity index (χ4n) is 2.96. The average Bonchev–Trinajstić information content (AvgIpc) is 3.03. The standard InChI is InChI=1S/C19H18N4O3/c1-23-11-12(10-20-23)15-9-16(15)18(24)21-13-4-6-14(7-5-13)22-19(25)17-3-2-8-26-17/h2-8,10-11,15-16H,9H2,1H3,(H,21,24)(H,22,25). The number of rotatable bonds is 5. The fraction of sp³-hybridized carbons (Fsp3) is 0.211. The minimum absolute atomic E-state index is 0.00576. The van der Waals surface area contributed by atoms with Crippen LogP contribution in [0.2, 0.25) is 0 Å². The predicted octanol–water partition coefficient (Wildman–Crippen LogP) is 3.01. The van der Waals surface area contributed by atoms with E-state index < -0.39 is 0 Å². The number of carbonyl (C=O) groups excluding carboxylic acids is 2. The first-order valence-corrected chi connectivity index (χ1v) is 8.34. The number of carbonyl (C=O) groups is 2. The van der Waals surface area contributed by atoms with Crippen LogP contribution in [0.4, 0.5) is 11.4 Å². The van der Waals surface area contributed by atoms with E-state index >= 15 is 0 Å².